The molecule has 9 heteroatoms. The maximum atomic E-state index is 13.2. The molecule has 1 atom stereocenters. The molecule has 2 aromatic carbocycles. The van der Waals surface area contributed by atoms with Crippen molar-refractivity contribution in [3.05, 3.63) is 82.9 Å². The van der Waals surface area contributed by atoms with Crippen molar-refractivity contribution < 1.29 is 33.6 Å². The van der Waals surface area contributed by atoms with E-state index in [9.17, 15) is 24.0 Å². The Hall–Kier alpha value is -4.71. The van der Waals surface area contributed by atoms with Crippen molar-refractivity contribution in [2.24, 2.45) is 0 Å². The van der Waals surface area contributed by atoms with Gasteiger partial charge in [0.25, 0.3) is 17.7 Å². The van der Waals surface area contributed by atoms with Crippen LogP contribution in [0.4, 0.5) is 0 Å². The molecule has 2 aromatic rings. The van der Waals surface area contributed by atoms with Crippen molar-refractivity contribution in [3.8, 4) is 11.8 Å². The summed E-state index contributed by atoms with van der Waals surface area (Å²) in [5.41, 5.74) is 3.16. The topological polar surface area (TPSA) is 110 Å². The molecule has 0 fully saturated rings. The van der Waals surface area contributed by atoms with Gasteiger partial charge in [0, 0.05) is 43.2 Å². The first-order valence-electron chi connectivity index (χ1n) is 11.3. The van der Waals surface area contributed by atoms with Gasteiger partial charge in [-0.2, -0.15) is 5.06 Å². The first-order chi connectivity index (χ1) is 17.3. The molecular formula is C27H22N2O7. The fourth-order valence-electron chi connectivity index (χ4n) is 3.82. The lowest BCUT2D eigenvalue weighted by atomic mass is 9.86. The van der Waals surface area contributed by atoms with Crippen molar-refractivity contribution in [2.45, 2.75) is 31.6 Å². The van der Waals surface area contributed by atoms with Crippen LogP contribution < -0.4 is 0 Å². The largest absolute Gasteiger partial charge is 0.340 e. The Morgan fingerprint density at radius 2 is 1.58 bits per heavy atom. The average Bonchev–Trinajstić information content (AvgIpc) is 3.17. The van der Waals surface area contributed by atoms with Gasteiger partial charge in [0.1, 0.15) is 0 Å². The van der Waals surface area contributed by atoms with E-state index in [4.69, 9.17) is 9.68 Å². The Bertz CT molecular complexity index is 1320. The van der Waals surface area contributed by atoms with Gasteiger partial charge in [-0.15, -0.1) is 0 Å². The van der Waals surface area contributed by atoms with Crippen LogP contribution in [-0.4, -0.2) is 46.8 Å². The lowest BCUT2D eigenvalue weighted by molar-refractivity contribution is -0.197. The second-order valence-electron chi connectivity index (χ2n) is 8.17. The second kappa shape index (κ2) is 10.7. The number of benzene rings is 2. The zero-order valence-corrected chi connectivity index (χ0v) is 19.4. The predicted octanol–water partition coefficient (Wildman–Crippen LogP) is 2.20. The summed E-state index contributed by atoms with van der Waals surface area (Å²) in [6.07, 6.45) is 2.07. The molecule has 36 heavy (non-hydrogen) atoms. The average molecular weight is 486 g/mol. The number of hydrogen-bond donors (Lipinski definition) is 0. The van der Waals surface area contributed by atoms with E-state index < -0.39 is 35.6 Å². The van der Waals surface area contributed by atoms with Crippen LogP contribution in [0.15, 0.2) is 60.7 Å². The first kappa shape index (κ1) is 24.4. The molecule has 0 saturated carbocycles. The van der Waals surface area contributed by atoms with Gasteiger partial charge in [0.2, 0.25) is 0 Å². The highest BCUT2D eigenvalue weighted by Crippen LogP contribution is 2.28. The Balaban J connectivity index is 1.35. The molecule has 0 spiro atoms. The van der Waals surface area contributed by atoms with Gasteiger partial charge in [0.05, 0.1) is 5.92 Å². The molecule has 0 radical (unpaired) electrons. The van der Waals surface area contributed by atoms with E-state index in [1.165, 1.54) is 7.05 Å². The molecule has 1 aliphatic carbocycles. The summed E-state index contributed by atoms with van der Waals surface area (Å²) in [6, 6.07) is 14.9. The molecule has 3 amide bonds. The second-order valence-corrected chi connectivity index (χ2v) is 8.17. The van der Waals surface area contributed by atoms with E-state index >= 15 is 0 Å². The van der Waals surface area contributed by atoms with E-state index in [1.54, 1.807) is 0 Å². The monoisotopic (exact) mass is 486 g/mol. The summed E-state index contributed by atoms with van der Waals surface area (Å²) in [4.78, 5) is 70.5. The summed E-state index contributed by atoms with van der Waals surface area (Å²) >= 11 is 0. The van der Waals surface area contributed by atoms with E-state index in [0.29, 0.717) is 22.6 Å². The van der Waals surface area contributed by atoms with Crippen LogP contribution in [0.25, 0.3) is 0 Å². The standard InChI is InChI=1S/C27H22N2O7/c1-28(23(30)11-6-12-26(33)35-29-24(31)15-16-25(29)32)36-27(34)22-17-20-9-3-2-7-18(20)13-14-19-8-4-5-10-21(19)22/h2-5,7-10,15-16,22H,6,11-12,17H2,1H3. The normalized spacial score (nSPS) is 15.6. The molecule has 1 aliphatic heterocycles. The summed E-state index contributed by atoms with van der Waals surface area (Å²) in [7, 11) is 1.33. The molecule has 1 unspecified atom stereocenters. The molecule has 4 rings (SSSR count). The van der Waals surface area contributed by atoms with Crippen molar-refractivity contribution in [1.82, 2.24) is 10.1 Å². The van der Waals surface area contributed by atoms with Crippen molar-refractivity contribution in [2.75, 3.05) is 7.05 Å². The quantitative estimate of drug-likeness (QED) is 0.350. The van der Waals surface area contributed by atoms with Crippen LogP contribution in [0.2, 0.25) is 0 Å². The summed E-state index contributed by atoms with van der Waals surface area (Å²) in [5, 5.41) is 1.21. The fraction of sp³-hybridized carbons (Fsp3) is 0.222. The number of carbonyl (C=O) groups is 5. The molecule has 182 valence electrons. The lowest BCUT2D eigenvalue weighted by Crippen LogP contribution is -2.34. The number of imide groups is 1. The predicted molar refractivity (Wildman–Crippen MR) is 125 cm³/mol. The van der Waals surface area contributed by atoms with E-state index in [-0.39, 0.29) is 19.3 Å². The third-order valence-corrected chi connectivity index (χ3v) is 5.71. The number of amides is 3. The Morgan fingerprint density at radius 1 is 0.944 bits per heavy atom. The molecule has 1 heterocycles. The van der Waals surface area contributed by atoms with E-state index in [0.717, 1.165) is 28.3 Å². The number of hydrogen-bond acceptors (Lipinski definition) is 7. The summed E-state index contributed by atoms with van der Waals surface area (Å²) in [6.45, 7) is 0. The van der Waals surface area contributed by atoms with Gasteiger partial charge in [-0.3, -0.25) is 14.4 Å². The van der Waals surface area contributed by atoms with Gasteiger partial charge in [-0.25, -0.2) is 9.59 Å². The molecule has 9 nitrogen and oxygen atoms in total. The SMILES string of the molecule is CN(OC(=O)C1Cc2ccccc2C#Cc2ccccc21)C(=O)CCCC(=O)ON1C(=O)C=CC1=O. The first-order valence-corrected chi connectivity index (χ1v) is 11.3. The van der Waals surface area contributed by atoms with Crippen LogP contribution in [-0.2, 0) is 40.1 Å². The zero-order valence-electron chi connectivity index (χ0n) is 19.4. The van der Waals surface area contributed by atoms with Gasteiger partial charge < -0.3 is 9.68 Å². The summed E-state index contributed by atoms with van der Waals surface area (Å²) < 4.78 is 0. The van der Waals surface area contributed by atoms with Gasteiger partial charge in [0.15, 0.2) is 0 Å². The minimum absolute atomic E-state index is 0.0679. The zero-order chi connectivity index (χ0) is 25.7. The molecule has 2 aliphatic rings. The Morgan fingerprint density at radius 3 is 2.33 bits per heavy atom. The lowest BCUT2D eigenvalue weighted by Gasteiger charge is -2.23. The Labute approximate surface area is 207 Å². The molecular weight excluding hydrogens is 464 g/mol. The van der Waals surface area contributed by atoms with Crippen LogP contribution in [0.3, 0.4) is 0 Å². The number of rotatable bonds is 6. The molecule has 0 saturated heterocycles. The maximum absolute atomic E-state index is 13.2. The number of fused-ring (bicyclic) bond motifs is 2. The highest BCUT2D eigenvalue weighted by molar-refractivity contribution is 6.12. The minimum atomic E-state index is -0.834. The van der Waals surface area contributed by atoms with E-state index in [1.807, 2.05) is 48.5 Å². The van der Waals surface area contributed by atoms with Gasteiger partial charge >= 0.3 is 11.9 Å². The van der Waals surface area contributed by atoms with Gasteiger partial charge in [-0.1, -0.05) is 53.3 Å². The van der Waals surface area contributed by atoms with Crippen LogP contribution >= 0.6 is 0 Å². The highest BCUT2D eigenvalue weighted by Gasteiger charge is 2.30. The minimum Gasteiger partial charge on any atom is -0.338 e. The third kappa shape index (κ3) is 5.50. The number of nitrogens with zero attached hydrogens (tertiary/aromatic N) is 2. The third-order valence-electron chi connectivity index (χ3n) is 5.71. The van der Waals surface area contributed by atoms with Crippen LogP contribution in [0.5, 0.6) is 0 Å². The number of carbonyl (C=O) groups excluding carboxylic acids is 5. The Kier molecular flexibility index (Phi) is 7.25. The highest BCUT2D eigenvalue weighted by atomic mass is 16.7. The van der Waals surface area contributed by atoms with Crippen molar-refractivity contribution in [3.63, 3.8) is 0 Å². The van der Waals surface area contributed by atoms with Crippen molar-refractivity contribution >= 4 is 29.7 Å². The summed E-state index contributed by atoms with van der Waals surface area (Å²) in [5.74, 6) is 2.14. The molecule has 0 N–H and O–H groups in total. The van der Waals surface area contributed by atoms with Crippen LogP contribution in [0.1, 0.15) is 47.4 Å². The maximum Gasteiger partial charge on any atom is 0.340 e. The fourth-order valence-corrected chi connectivity index (χ4v) is 3.82. The molecule has 0 bridgehead atoms. The van der Waals surface area contributed by atoms with E-state index in [2.05, 4.69) is 11.8 Å². The van der Waals surface area contributed by atoms with Crippen LogP contribution in [0, 0.1) is 11.8 Å². The smallest absolute Gasteiger partial charge is 0.338 e. The van der Waals surface area contributed by atoms with Gasteiger partial charge in [-0.05, 0) is 36.1 Å². The molecule has 0 aromatic heterocycles. The number of hydroxylamine groups is 4. The van der Waals surface area contributed by atoms with Crippen molar-refractivity contribution in [1.29, 1.82) is 0 Å².